The molecule has 0 bridgehead atoms. The molecule has 3 aliphatic heterocycles. The van der Waals surface area contributed by atoms with Gasteiger partial charge in [-0.2, -0.15) is 0 Å². The van der Waals surface area contributed by atoms with Crippen LogP contribution in [-0.2, 0) is 10.8 Å². The van der Waals surface area contributed by atoms with Crippen LogP contribution in [0, 0.1) is 0 Å². The van der Waals surface area contributed by atoms with Crippen molar-refractivity contribution in [3.05, 3.63) is 373 Å². The lowest BCUT2D eigenvalue weighted by Gasteiger charge is -2.46. The third-order valence-electron chi connectivity index (χ3n) is 21.3. The Balaban J connectivity index is 1.01. The number of ether oxygens (including phenoxy) is 1. The molecule has 1 aliphatic carbocycles. The lowest BCUT2D eigenvalue weighted by molar-refractivity contribution is 0.436. The molecule has 4 heterocycles. The number of nitrogens with zero attached hydrogens (tertiary/aromatic N) is 3. The molecule has 0 fully saturated rings. The summed E-state index contributed by atoms with van der Waals surface area (Å²) in [7, 11) is 0. The second-order valence-corrected chi connectivity index (χ2v) is 27.6. The molecule has 1 spiro atoms. The zero-order chi connectivity index (χ0) is 73.3. The van der Waals surface area contributed by atoms with Crippen LogP contribution in [0.4, 0.5) is 34.1 Å². The summed E-state index contributed by atoms with van der Waals surface area (Å²) >= 11 is 0. The van der Waals surface area contributed by atoms with E-state index in [4.69, 9.17) is 7.48 Å². The van der Waals surface area contributed by atoms with Crippen LogP contribution in [-0.4, -0.2) is 11.3 Å². The van der Waals surface area contributed by atoms with Gasteiger partial charge in [0.2, 0.25) is 0 Å². The molecule has 0 radical (unpaired) electrons. The minimum Gasteiger partial charge on any atom is -0.457 e. The van der Waals surface area contributed by atoms with Gasteiger partial charge in [-0.3, -0.25) is 0 Å². The van der Waals surface area contributed by atoms with Crippen molar-refractivity contribution in [2.24, 2.45) is 0 Å². The Bertz CT molecular complexity index is 6260. The molecule has 0 atom stereocenters. The second kappa shape index (κ2) is 22.3. The summed E-state index contributed by atoms with van der Waals surface area (Å²) in [4.78, 5) is 5.02. The average molecular weight is 1280 g/mol. The van der Waals surface area contributed by atoms with Gasteiger partial charge in [0.25, 0.3) is 6.71 Å². The molecular formula is C95H66BN3O. The molecule has 20 rings (SSSR count). The van der Waals surface area contributed by atoms with E-state index in [1.54, 1.807) is 4.57 Å². The molecule has 0 saturated carbocycles. The number of para-hydroxylation sites is 6. The van der Waals surface area contributed by atoms with Crippen LogP contribution in [0.25, 0.3) is 94.3 Å². The Hall–Kier alpha value is -12.4. The van der Waals surface area contributed by atoms with Crippen molar-refractivity contribution in [2.75, 3.05) is 9.80 Å². The van der Waals surface area contributed by atoms with E-state index in [0.717, 1.165) is 151 Å². The number of benzene rings is 15. The van der Waals surface area contributed by atoms with E-state index in [1.807, 2.05) is 18.2 Å². The first-order valence-corrected chi connectivity index (χ1v) is 34.3. The number of hydrogen-bond acceptors (Lipinski definition) is 3. The number of hydrogen-bond donors (Lipinski definition) is 0. The van der Waals surface area contributed by atoms with Gasteiger partial charge in [-0.05, 0) is 138 Å². The summed E-state index contributed by atoms with van der Waals surface area (Å²) in [5, 5.41) is 0.00457. The summed E-state index contributed by atoms with van der Waals surface area (Å²) in [6.07, 6.45) is 0. The predicted molar refractivity (Wildman–Crippen MR) is 418 cm³/mol. The largest absolute Gasteiger partial charge is 0.457 e. The fourth-order valence-corrected chi connectivity index (χ4v) is 16.9. The summed E-state index contributed by atoms with van der Waals surface area (Å²) < 4.78 is 84.5. The van der Waals surface area contributed by atoms with E-state index in [1.165, 1.54) is 5.56 Å². The molecule has 0 amide bonds. The maximum Gasteiger partial charge on any atom is 0.252 e. The molecule has 100 heavy (non-hydrogen) atoms. The van der Waals surface area contributed by atoms with Crippen LogP contribution >= 0.6 is 0 Å². The van der Waals surface area contributed by atoms with Crippen molar-refractivity contribution in [3.63, 3.8) is 0 Å². The highest BCUT2D eigenvalue weighted by Crippen LogP contribution is 2.64. The van der Waals surface area contributed by atoms with E-state index < -0.39 is 48.4 Å². The summed E-state index contributed by atoms with van der Waals surface area (Å²) in [6.45, 7) is 6.16. The zero-order valence-electron chi connectivity index (χ0n) is 63.1. The quantitative estimate of drug-likeness (QED) is 0.141. The molecule has 16 aromatic rings. The van der Waals surface area contributed by atoms with E-state index in [9.17, 15) is 8.22 Å². The highest BCUT2D eigenvalue weighted by molar-refractivity contribution is 7.00. The van der Waals surface area contributed by atoms with Gasteiger partial charge in [0.05, 0.1) is 38.8 Å². The van der Waals surface area contributed by atoms with Gasteiger partial charge in [0, 0.05) is 72.6 Å². The molecular weight excluding hydrogens is 1210 g/mol. The fraction of sp³-hybridized carbons (Fsp3) is 0.0526. The van der Waals surface area contributed by atoms with Crippen LogP contribution in [0.2, 0.25) is 0 Å². The first kappa shape index (κ1) is 50.0. The number of aromatic nitrogens is 1. The summed E-state index contributed by atoms with van der Waals surface area (Å²) in [6, 6.07) is 103. The minimum absolute atomic E-state index is 0.00229. The first-order chi connectivity index (χ1) is 52.6. The van der Waals surface area contributed by atoms with Crippen LogP contribution in [0.3, 0.4) is 0 Å². The highest BCUT2D eigenvalue weighted by Gasteiger charge is 2.54. The van der Waals surface area contributed by atoms with E-state index in [-0.39, 0.29) is 39.3 Å². The van der Waals surface area contributed by atoms with Crippen molar-refractivity contribution in [1.29, 1.82) is 0 Å². The molecule has 0 N–H and O–H groups in total. The fourth-order valence-electron chi connectivity index (χ4n) is 16.9. The van der Waals surface area contributed by atoms with Gasteiger partial charge in [-0.15, -0.1) is 0 Å². The average Bonchev–Trinajstić information content (AvgIpc) is 1.35. The third kappa shape index (κ3) is 8.55. The van der Waals surface area contributed by atoms with Gasteiger partial charge >= 0.3 is 0 Å². The summed E-state index contributed by atoms with van der Waals surface area (Å²) in [5.74, 6) is 1.55. The van der Waals surface area contributed by atoms with Crippen LogP contribution in [0.15, 0.2) is 346 Å². The Morgan fingerprint density at radius 1 is 0.340 bits per heavy atom. The van der Waals surface area contributed by atoms with Crippen LogP contribution < -0.4 is 30.9 Å². The van der Waals surface area contributed by atoms with Crippen molar-refractivity contribution in [1.82, 2.24) is 4.57 Å². The van der Waals surface area contributed by atoms with E-state index >= 15 is 0 Å². The van der Waals surface area contributed by atoms with Crippen LogP contribution in [0.5, 0.6) is 11.5 Å². The molecule has 470 valence electrons. The molecule has 0 saturated heterocycles. The van der Waals surface area contributed by atoms with Gasteiger partial charge in [-0.25, -0.2) is 0 Å². The van der Waals surface area contributed by atoms with Gasteiger partial charge in [-0.1, -0.05) is 312 Å². The molecule has 5 heteroatoms. The normalized spacial score (nSPS) is 14.6. The van der Waals surface area contributed by atoms with Crippen LogP contribution in [0.1, 0.15) is 59.6 Å². The minimum atomic E-state index is -0.885. The van der Waals surface area contributed by atoms with Gasteiger partial charge in [0.15, 0.2) is 0 Å². The second-order valence-electron chi connectivity index (χ2n) is 27.6. The Morgan fingerprint density at radius 2 is 0.780 bits per heavy atom. The monoisotopic (exact) mass is 1280 g/mol. The predicted octanol–water partition coefficient (Wildman–Crippen LogP) is 23.0. The number of fused-ring (bicyclic) bond motifs is 16. The molecule has 1 aromatic heterocycles. The standard InChI is InChI=1S/C95H66BN3O/c1-94(2,3)67-52-50-61(51-53-67)66-56-87-91-88(57-66)99(93-71(64-32-12-6-13-33-64)41-27-42-72(93)65-34-14-7-15-35-65)86-59-76-73-36-16-19-43-77(73)95(78-44-20-24-48-89(78)100-90-49-25-21-45-79(90)95)80(76)60-82(86)96(91)81-55-54-68(97-83-46-22-17-37-74(83)75-38-18-23-47-84(75)97)58-85(81)98(87)92-69(62-28-8-4-9-29-62)39-26-40-70(92)63-30-10-5-11-31-63/h4-60H,1-3H3/i17D,18D,22D,23D,37D,38D,46D,47D. The SMILES string of the molecule is [2H]c1c([2H])c([2H])c2c(c1[2H])c1c([2H])c([2H])c([2H])c([2H])c1n2-c1ccc2c(c1)N(c1c(-c3ccccc3)cccc1-c1ccccc1)c1cc(-c3ccc(C(C)(C)C)cc3)cc3c1B2c1cc2c(cc1N3c1c(-c3ccccc3)cccc1-c1ccccc1)-c1ccccc1C21c2ccccc2Oc2ccccc21. The van der Waals surface area contributed by atoms with Crippen molar-refractivity contribution < 1.29 is 15.7 Å². The number of rotatable bonds is 8. The highest BCUT2D eigenvalue weighted by atomic mass is 16.5. The van der Waals surface area contributed by atoms with E-state index in [0.29, 0.717) is 5.69 Å². The zero-order valence-corrected chi connectivity index (χ0v) is 55.1. The Labute approximate surface area is 594 Å². The molecule has 15 aromatic carbocycles. The molecule has 4 nitrogen and oxygen atoms in total. The van der Waals surface area contributed by atoms with Crippen molar-refractivity contribution in [3.8, 4) is 83.9 Å². The smallest absolute Gasteiger partial charge is 0.252 e. The number of anilines is 6. The van der Waals surface area contributed by atoms with Crippen molar-refractivity contribution >= 4 is 79.0 Å². The molecule has 0 unspecified atom stereocenters. The summed E-state index contributed by atoms with van der Waals surface area (Å²) in [5.41, 5.74) is 25.4. The molecule has 4 aliphatic rings. The van der Waals surface area contributed by atoms with E-state index in [2.05, 4.69) is 310 Å². The van der Waals surface area contributed by atoms with Gasteiger partial charge in [0.1, 0.15) is 11.5 Å². The lowest BCUT2D eigenvalue weighted by Crippen LogP contribution is -2.61. The Kier molecular flexibility index (Phi) is 11.2. The third-order valence-corrected chi connectivity index (χ3v) is 21.3. The Morgan fingerprint density at radius 3 is 1.28 bits per heavy atom. The maximum atomic E-state index is 9.89. The maximum absolute atomic E-state index is 9.89. The topological polar surface area (TPSA) is 20.6 Å². The first-order valence-electron chi connectivity index (χ1n) is 38.3. The van der Waals surface area contributed by atoms with Crippen molar-refractivity contribution in [2.45, 2.75) is 31.6 Å². The lowest BCUT2D eigenvalue weighted by atomic mass is 9.33. The van der Waals surface area contributed by atoms with Gasteiger partial charge < -0.3 is 19.1 Å².